The lowest BCUT2D eigenvalue weighted by molar-refractivity contribution is -0.116. The fraction of sp³-hybridized carbons (Fsp3) is 0.417. The van der Waals surface area contributed by atoms with E-state index in [1.165, 1.54) is 6.08 Å². The minimum atomic E-state index is -0.656. The molecule has 2 heterocycles. The van der Waals surface area contributed by atoms with Gasteiger partial charge in [-0.05, 0) is 43.9 Å². The van der Waals surface area contributed by atoms with Gasteiger partial charge in [0.2, 0.25) is 5.91 Å². The molecule has 34 heavy (non-hydrogen) atoms. The lowest BCUT2D eigenvalue weighted by Crippen LogP contribution is -2.29. The molecule has 0 radical (unpaired) electrons. The Hall–Kier alpha value is -3.66. The minimum absolute atomic E-state index is 0.0821. The fourth-order valence-electron chi connectivity index (χ4n) is 3.47. The van der Waals surface area contributed by atoms with E-state index in [1.807, 2.05) is 25.1 Å². The van der Waals surface area contributed by atoms with Gasteiger partial charge in [-0.3, -0.25) is 9.59 Å². The minimum Gasteiger partial charge on any atom is -0.493 e. The summed E-state index contributed by atoms with van der Waals surface area (Å²) in [6, 6.07) is 7.52. The Kier molecular flexibility index (Phi) is 9.21. The van der Waals surface area contributed by atoms with Gasteiger partial charge in [0, 0.05) is 37.6 Å². The van der Waals surface area contributed by atoms with Crippen LogP contribution in [0.25, 0.3) is 0 Å². The maximum atomic E-state index is 12.1. The molecule has 3 rings (SSSR count). The van der Waals surface area contributed by atoms with Crippen molar-refractivity contribution in [3.8, 4) is 5.75 Å². The first kappa shape index (κ1) is 25.0. The monoisotopic (exact) mass is 468 g/mol. The molecule has 1 aliphatic rings. The molecule has 10 heteroatoms. The van der Waals surface area contributed by atoms with Crippen LogP contribution in [-0.4, -0.2) is 54.2 Å². The molecule has 0 unspecified atom stereocenters. The summed E-state index contributed by atoms with van der Waals surface area (Å²) in [4.78, 5) is 32.5. The van der Waals surface area contributed by atoms with Gasteiger partial charge in [-0.2, -0.15) is 0 Å². The third-order valence-electron chi connectivity index (χ3n) is 5.27. The first-order chi connectivity index (χ1) is 16.5. The zero-order valence-corrected chi connectivity index (χ0v) is 19.4. The second-order valence-electron chi connectivity index (χ2n) is 7.81. The summed E-state index contributed by atoms with van der Waals surface area (Å²) >= 11 is 0. The number of hydrogen-bond acceptors (Lipinski definition) is 8. The van der Waals surface area contributed by atoms with E-state index in [9.17, 15) is 9.59 Å². The molecule has 1 aliphatic heterocycles. The Balaban J connectivity index is 1.72. The molecule has 2 amide bonds. The number of nitrogens with one attached hydrogen (secondary N) is 3. The quantitative estimate of drug-likeness (QED) is 0.275. The number of nitrogens with two attached hydrogens (primary N) is 1. The van der Waals surface area contributed by atoms with Crippen LogP contribution in [0.5, 0.6) is 5.75 Å². The molecule has 10 nitrogen and oxygen atoms in total. The van der Waals surface area contributed by atoms with Crippen molar-refractivity contribution in [1.82, 2.24) is 15.3 Å². The normalized spacial score (nSPS) is 13.7. The van der Waals surface area contributed by atoms with Crippen molar-refractivity contribution in [3.05, 3.63) is 48.3 Å². The Bertz CT molecular complexity index is 1010. The van der Waals surface area contributed by atoms with Crippen molar-refractivity contribution in [2.24, 2.45) is 5.73 Å². The van der Waals surface area contributed by atoms with Gasteiger partial charge in [-0.25, -0.2) is 9.97 Å². The summed E-state index contributed by atoms with van der Waals surface area (Å²) in [6.07, 6.45) is 4.24. The summed E-state index contributed by atoms with van der Waals surface area (Å²) in [7, 11) is 0. The highest BCUT2D eigenvalue weighted by molar-refractivity contribution is 5.96. The highest BCUT2D eigenvalue weighted by atomic mass is 16.5. The second-order valence-corrected chi connectivity index (χ2v) is 7.81. The highest BCUT2D eigenvalue weighted by Crippen LogP contribution is 2.26. The van der Waals surface area contributed by atoms with Crippen LogP contribution in [0.4, 0.5) is 17.3 Å². The number of ether oxygens (including phenoxy) is 2. The van der Waals surface area contributed by atoms with Crippen LogP contribution in [0.3, 0.4) is 0 Å². The van der Waals surface area contributed by atoms with Gasteiger partial charge in [0.05, 0.1) is 12.3 Å². The second kappa shape index (κ2) is 12.5. The first-order valence-electron chi connectivity index (χ1n) is 11.4. The Morgan fingerprint density at radius 2 is 2.06 bits per heavy atom. The van der Waals surface area contributed by atoms with Crippen molar-refractivity contribution in [2.45, 2.75) is 38.6 Å². The topological polar surface area (TPSA) is 140 Å². The zero-order valence-electron chi connectivity index (χ0n) is 19.4. The average Bonchev–Trinajstić information content (AvgIpc) is 2.84. The summed E-state index contributed by atoms with van der Waals surface area (Å²) in [5.41, 5.74) is 7.05. The number of aromatic nitrogens is 2. The fourth-order valence-corrected chi connectivity index (χ4v) is 3.47. The standard InChI is InChI=1S/C24H32N6O4/c1-3-19-23(27-16-9-13-33-14-10-16)30-24(21(29-19)22(25)32)28-17-7-5-8-18(15-17)34-12-6-11-26-20(31)4-2/h4-5,7-8,15-16H,2-3,6,9-14H2,1H3,(H2,25,32)(H,26,31)(H2,27,28,30). The lowest BCUT2D eigenvalue weighted by atomic mass is 10.1. The predicted octanol–water partition coefficient (Wildman–Crippen LogP) is 2.54. The van der Waals surface area contributed by atoms with E-state index in [4.69, 9.17) is 15.2 Å². The van der Waals surface area contributed by atoms with E-state index in [0.29, 0.717) is 62.2 Å². The van der Waals surface area contributed by atoms with E-state index in [-0.39, 0.29) is 23.5 Å². The Morgan fingerprint density at radius 3 is 2.76 bits per heavy atom. The summed E-state index contributed by atoms with van der Waals surface area (Å²) < 4.78 is 11.2. The Labute approximate surface area is 199 Å². The molecule has 5 N–H and O–H groups in total. The van der Waals surface area contributed by atoms with E-state index < -0.39 is 5.91 Å². The van der Waals surface area contributed by atoms with Gasteiger partial charge in [-0.1, -0.05) is 19.6 Å². The molecule has 2 aromatic rings. The zero-order chi connectivity index (χ0) is 24.3. The lowest BCUT2D eigenvalue weighted by Gasteiger charge is -2.25. The molecule has 0 saturated carbocycles. The van der Waals surface area contributed by atoms with E-state index in [1.54, 1.807) is 6.07 Å². The van der Waals surface area contributed by atoms with Crippen LogP contribution in [0, 0.1) is 0 Å². The number of benzene rings is 1. The van der Waals surface area contributed by atoms with Crippen molar-refractivity contribution in [2.75, 3.05) is 37.0 Å². The van der Waals surface area contributed by atoms with Crippen molar-refractivity contribution in [1.29, 1.82) is 0 Å². The molecule has 1 fully saturated rings. The van der Waals surface area contributed by atoms with Gasteiger partial charge in [0.15, 0.2) is 17.3 Å². The summed E-state index contributed by atoms with van der Waals surface area (Å²) in [5.74, 6) is 0.687. The molecular formula is C24H32N6O4. The maximum absolute atomic E-state index is 12.1. The van der Waals surface area contributed by atoms with Crippen molar-refractivity contribution in [3.63, 3.8) is 0 Å². The number of aryl methyl sites for hydroxylation is 1. The van der Waals surface area contributed by atoms with Crippen LogP contribution >= 0.6 is 0 Å². The Morgan fingerprint density at radius 1 is 1.26 bits per heavy atom. The first-order valence-corrected chi connectivity index (χ1v) is 11.4. The summed E-state index contributed by atoms with van der Waals surface area (Å²) in [6.45, 7) is 7.69. The van der Waals surface area contributed by atoms with Crippen LogP contribution in [0.2, 0.25) is 0 Å². The number of carbonyl (C=O) groups excluding carboxylic acids is 2. The maximum Gasteiger partial charge on any atom is 0.271 e. The van der Waals surface area contributed by atoms with Gasteiger partial charge < -0.3 is 31.2 Å². The molecular weight excluding hydrogens is 436 g/mol. The smallest absolute Gasteiger partial charge is 0.271 e. The number of primary amides is 1. The predicted molar refractivity (Wildman–Crippen MR) is 130 cm³/mol. The van der Waals surface area contributed by atoms with Gasteiger partial charge in [-0.15, -0.1) is 0 Å². The molecule has 1 saturated heterocycles. The molecule has 0 atom stereocenters. The van der Waals surface area contributed by atoms with Crippen LogP contribution in [-0.2, 0) is 16.0 Å². The van der Waals surface area contributed by atoms with Crippen LogP contribution < -0.4 is 26.4 Å². The molecule has 0 aliphatic carbocycles. The van der Waals surface area contributed by atoms with E-state index in [2.05, 4.69) is 32.5 Å². The highest BCUT2D eigenvalue weighted by Gasteiger charge is 2.20. The largest absolute Gasteiger partial charge is 0.493 e. The number of amides is 2. The van der Waals surface area contributed by atoms with Gasteiger partial charge in [0.25, 0.3) is 5.91 Å². The van der Waals surface area contributed by atoms with Crippen molar-refractivity contribution < 1.29 is 19.1 Å². The molecule has 182 valence electrons. The average molecular weight is 469 g/mol. The number of nitrogens with zero attached hydrogens (tertiary/aromatic N) is 2. The number of rotatable bonds is 12. The number of hydrogen-bond donors (Lipinski definition) is 4. The molecule has 1 aromatic heterocycles. The van der Waals surface area contributed by atoms with Crippen LogP contribution in [0.1, 0.15) is 42.4 Å². The van der Waals surface area contributed by atoms with Crippen LogP contribution in [0.15, 0.2) is 36.9 Å². The van der Waals surface area contributed by atoms with Gasteiger partial charge in [0.1, 0.15) is 5.75 Å². The van der Waals surface area contributed by atoms with E-state index in [0.717, 1.165) is 12.8 Å². The molecule has 0 spiro atoms. The van der Waals surface area contributed by atoms with Crippen molar-refractivity contribution >= 4 is 29.1 Å². The van der Waals surface area contributed by atoms with Gasteiger partial charge >= 0.3 is 0 Å². The third-order valence-corrected chi connectivity index (χ3v) is 5.27. The number of anilines is 3. The number of carbonyl (C=O) groups is 2. The third kappa shape index (κ3) is 7.17. The van der Waals surface area contributed by atoms with E-state index >= 15 is 0 Å². The SMILES string of the molecule is C=CC(=O)NCCCOc1cccc(Nc2nc(NC3CCOCC3)c(CC)nc2C(N)=O)c1. The molecule has 1 aromatic carbocycles. The molecule has 0 bridgehead atoms. The summed E-state index contributed by atoms with van der Waals surface area (Å²) in [5, 5.41) is 9.31.